The van der Waals surface area contributed by atoms with E-state index in [1.165, 1.54) is 22.3 Å². The van der Waals surface area contributed by atoms with E-state index in [1.807, 2.05) is 42.5 Å². The van der Waals surface area contributed by atoms with Crippen LogP contribution in [0, 0.1) is 0 Å². The fourth-order valence-electron chi connectivity index (χ4n) is 8.18. The van der Waals surface area contributed by atoms with Gasteiger partial charge in [0.05, 0.1) is 11.1 Å². The Morgan fingerprint density at radius 2 is 0.847 bits per heavy atom. The summed E-state index contributed by atoms with van der Waals surface area (Å²) in [6.07, 6.45) is 0. The summed E-state index contributed by atoms with van der Waals surface area (Å²) in [6, 6.07) is 76.6. The van der Waals surface area contributed by atoms with Crippen molar-refractivity contribution in [2.75, 3.05) is 4.90 Å². The van der Waals surface area contributed by atoms with Gasteiger partial charge in [-0.1, -0.05) is 152 Å². The Hall–Kier alpha value is -7.95. The monoisotopic (exact) mass is 756 g/mol. The van der Waals surface area contributed by atoms with Crippen LogP contribution in [0.4, 0.5) is 17.1 Å². The summed E-state index contributed by atoms with van der Waals surface area (Å²) >= 11 is 0. The van der Waals surface area contributed by atoms with E-state index < -0.39 is 0 Å². The third-order valence-corrected chi connectivity index (χ3v) is 11.2. The van der Waals surface area contributed by atoms with E-state index in [4.69, 9.17) is 13.8 Å². The molecule has 0 aliphatic rings. The van der Waals surface area contributed by atoms with E-state index in [0.717, 1.165) is 77.9 Å². The summed E-state index contributed by atoms with van der Waals surface area (Å²) in [5.74, 6) is 0.601. The van der Waals surface area contributed by atoms with Crippen molar-refractivity contribution < 1.29 is 8.83 Å². The van der Waals surface area contributed by atoms with Crippen LogP contribution < -0.4 is 4.90 Å². The number of hydrogen-bond donors (Lipinski definition) is 0. The van der Waals surface area contributed by atoms with Gasteiger partial charge in [-0.2, -0.15) is 0 Å². The van der Waals surface area contributed by atoms with Crippen molar-refractivity contribution in [3.8, 4) is 56.0 Å². The first kappa shape index (κ1) is 34.3. The number of nitrogens with zero attached hydrogens (tertiary/aromatic N) is 2. The molecule has 0 fully saturated rings. The molecule has 0 radical (unpaired) electrons. The number of rotatable bonds is 8. The quantitative estimate of drug-likeness (QED) is 0.155. The number of para-hydroxylation sites is 1. The predicted octanol–water partition coefficient (Wildman–Crippen LogP) is 15.5. The van der Waals surface area contributed by atoms with Gasteiger partial charge in [0.1, 0.15) is 16.7 Å². The lowest BCUT2D eigenvalue weighted by atomic mass is 9.99. The van der Waals surface area contributed by atoms with Crippen molar-refractivity contribution in [2.45, 2.75) is 0 Å². The van der Waals surface area contributed by atoms with Gasteiger partial charge >= 0.3 is 0 Å². The Balaban J connectivity index is 0.951. The van der Waals surface area contributed by atoms with Gasteiger partial charge in [0, 0.05) is 27.9 Å². The second kappa shape index (κ2) is 14.5. The molecule has 0 saturated heterocycles. The van der Waals surface area contributed by atoms with Crippen LogP contribution in [0.1, 0.15) is 0 Å². The highest BCUT2D eigenvalue weighted by atomic mass is 16.4. The molecule has 278 valence electrons. The van der Waals surface area contributed by atoms with Crippen LogP contribution in [0.25, 0.3) is 89.0 Å². The van der Waals surface area contributed by atoms with Gasteiger partial charge in [0.15, 0.2) is 5.58 Å². The Bertz CT molecular complexity index is 3220. The van der Waals surface area contributed by atoms with E-state index in [9.17, 15) is 0 Å². The van der Waals surface area contributed by atoms with Crippen LogP contribution in [-0.2, 0) is 0 Å². The number of anilines is 3. The van der Waals surface area contributed by atoms with E-state index >= 15 is 0 Å². The highest BCUT2D eigenvalue weighted by Crippen LogP contribution is 2.43. The minimum absolute atomic E-state index is 0.601. The van der Waals surface area contributed by atoms with Crippen LogP contribution in [0.5, 0.6) is 0 Å². The molecular weight excluding hydrogens is 721 g/mol. The lowest BCUT2D eigenvalue weighted by molar-refractivity contribution is 0.622. The molecule has 2 aromatic heterocycles. The molecule has 4 heteroatoms. The van der Waals surface area contributed by atoms with Gasteiger partial charge < -0.3 is 13.7 Å². The van der Waals surface area contributed by atoms with E-state index in [2.05, 4.69) is 181 Å². The third-order valence-electron chi connectivity index (χ3n) is 11.2. The average molecular weight is 757 g/mol. The predicted molar refractivity (Wildman–Crippen MR) is 243 cm³/mol. The molecule has 0 N–H and O–H groups in total. The number of hydrogen-bond acceptors (Lipinski definition) is 4. The first-order valence-corrected chi connectivity index (χ1v) is 19.9. The summed E-state index contributed by atoms with van der Waals surface area (Å²) in [5, 5.41) is 1.94. The molecule has 0 aliphatic heterocycles. The SMILES string of the molecule is c1ccc(-c2ccc(-c3ccc(N(c4ccc(-c5ccc6c(c5)oc5ccc7nc(-c8ccccc8)oc7c56)cc4)c4ccccc4-c4ccccc4)cc3)cc2)cc1. The summed E-state index contributed by atoms with van der Waals surface area (Å²) < 4.78 is 12.8. The Morgan fingerprint density at radius 3 is 1.47 bits per heavy atom. The second-order valence-corrected chi connectivity index (χ2v) is 14.7. The molecular formula is C55H36N2O2. The molecule has 9 aromatic carbocycles. The fraction of sp³-hybridized carbons (Fsp3) is 0. The van der Waals surface area contributed by atoms with Gasteiger partial charge in [0.2, 0.25) is 5.89 Å². The molecule has 0 spiro atoms. The lowest BCUT2D eigenvalue weighted by Crippen LogP contribution is -2.11. The van der Waals surface area contributed by atoms with Crippen molar-refractivity contribution in [3.63, 3.8) is 0 Å². The maximum Gasteiger partial charge on any atom is 0.227 e. The first-order valence-electron chi connectivity index (χ1n) is 19.9. The first-order chi connectivity index (χ1) is 29.2. The zero-order chi connectivity index (χ0) is 39.1. The van der Waals surface area contributed by atoms with Gasteiger partial charge in [-0.05, 0) is 106 Å². The number of furan rings is 1. The third kappa shape index (κ3) is 6.34. The molecule has 4 nitrogen and oxygen atoms in total. The van der Waals surface area contributed by atoms with Crippen LogP contribution in [-0.4, -0.2) is 4.98 Å². The van der Waals surface area contributed by atoms with E-state index in [0.29, 0.717) is 5.89 Å². The lowest BCUT2D eigenvalue weighted by Gasteiger charge is -2.28. The fourth-order valence-corrected chi connectivity index (χ4v) is 8.18. The van der Waals surface area contributed by atoms with Crippen molar-refractivity contribution in [1.82, 2.24) is 4.98 Å². The Labute approximate surface area is 341 Å². The standard InChI is InChI=1S/C55H36N2O2/c1-4-12-37(13-5-1)38-20-22-39(23-21-38)40-24-29-45(30-25-40)57(50-19-11-10-18-47(50)42-14-6-2-7-15-42)46-31-26-41(27-32-46)44-28-33-48-52(36-44)58-51-35-34-49-54(53(48)51)59-55(56-49)43-16-8-3-9-17-43/h1-36H. The number of benzene rings is 9. The number of aromatic nitrogens is 1. The number of oxazole rings is 1. The largest absolute Gasteiger partial charge is 0.456 e. The van der Waals surface area contributed by atoms with Crippen molar-refractivity contribution in [2.24, 2.45) is 0 Å². The van der Waals surface area contributed by atoms with Crippen LogP contribution >= 0.6 is 0 Å². The maximum absolute atomic E-state index is 6.44. The zero-order valence-electron chi connectivity index (χ0n) is 32.0. The molecule has 59 heavy (non-hydrogen) atoms. The molecule has 0 amide bonds. The molecule has 0 atom stereocenters. The van der Waals surface area contributed by atoms with Gasteiger partial charge in [-0.3, -0.25) is 0 Å². The highest BCUT2D eigenvalue weighted by Gasteiger charge is 2.19. The minimum Gasteiger partial charge on any atom is -0.456 e. The highest BCUT2D eigenvalue weighted by molar-refractivity contribution is 6.16. The van der Waals surface area contributed by atoms with Crippen molar-refractivity contribution in [3.05, 3.63) is 218 Å². The minimum atomic E-state index is 0.601. The topological polar surface area (TPSA) is 42.4 Å². The Morgan fingerprint density at radius 1 is 0.356 bits per heavy atom. The zero-order valence-corrected chi connectivity index (χ0v) is 32.0. The summed E-state index contributed by atoms with van der Waals surface area (Å²) in [6.45, 7) is 0. The van der Waals surface area contributed by atoms with Gasteiger partial charge in [-0.25, -0.2) is 4.98 Å². The summed E-state index contributed by atoms with van der Waals surface area (Å²) in [5.41, 5.74) is 16.6. The normalized spacial score (nSPS) is 11.4. The van der Waals surface area contributed by atoms with Crippen LogP contribution in [0.3, 0.4) is 0 Å². The van der Waals surface area contributed by atoms with E-state index in [1.54, 1.807) is 0 Å². The number of fused-ring (bicyclic) bond motifs is 5. The smallest absolute Gasteiger partial charge is 0.227 e. The average Bonchev–Trinajstić information content (AvgIpc) is 3.92. The van der Waals surface area contributed by atoms with E-state index in [-0.39, 0.29) is 0 Å². The molecule has 11 aromatic rings. The molecule has 0 bridgehead atoms. The van der Waals surface area contributed by atoms with Crippen LogP contribution in [0.2, 0.25) is 0 Å². The summed E-state index contributed by atoms with van der Waals surface area (Å²) in [4.78, 5) is 7.14. The molecule has 0 unspecified atom stereocenters. The molecule has 0 saturated carbocycles. The van der Waals surface area contributed by atoms with Crippen molar-refractivity contribution in [1.29, 1.82) is 0 Å². The Kier molecular flexibility index (Phi) is 8.45. The molecule has 0 aliphatic carbocycles. The van der Waals surface area contributed by atoms with Crippen molar-refractivity contribution >= 4 is 50.1 Å². The molecule has 2 heterocycles. The van der Waals surface area contributed by atoms with Crippen LogP contribution in [0.15, 0.2) is 227 Å². The van der Waals surface area contributed by atoms with Gasteiger partial charge in [0.25, 0.3) is 0 Å². The second-order valence-electron chi connectivity index (χ2n) is 14.7. The van der Waals surface area contributed by atoms with Gasteiger partial charge in [-0.15, -0.1) is 0 Å². The molecule has 11 rings (SSSR count). The maximum atomic E-state index is 6.44. The summed E-state index contributed by atoms with van der Waals surface area (Å²) in [7, 11) is 0.